The Morgan fingerprint density at radius 3 is 1.38 bits per heavy atom. The van der Waals surface area contributed by atoms with Crippen LogP contribution in [0.2, 0.25) is 0 Å². The maximum Gasteiger partial charge on any atom is 0.127 e. The van der Waals surface area contributed by atoms with Crippen LogP contribution >= 0.6 is 0 Å². The third-order valence-electron chi connectivity index (χ3n) is 13.3. The minimum absolute atomic E-state index is 0.422. The molecule has 0 fully saturated rings. The Labute approximate surface area is 379 Å². The van der Waals surface area contributed by atoms with Gasteiger partial charge >= 0.3 is 0 Å². The lowest BCUT2D eigenvalue weighted by Gasteiger charge is -2.35. The fraction of sp³-hybridized carbons (Fsp3) is 0.129. The van der Waals surface area contributed by atoms with Gasteiger partial charge in [-0.15, -0.1) is 0 Å². The number of ether oxygens (including phenoxy) is 1. The predicted molar refractivity (Wildman–Crippen MR) is 269 cm³/mol. The van der Waals surface area contributed by atoms with Crippen LogP contribution in [-0.4, -0.2) is 0 Å². The molecule has 0 aliphatic heterocycles. The van der Waals surface area contributed by atoms with Crippen molar-refractivity contribution in [1.82, 2.24) is 0 Å². The molecule has 2 unspecified atom stereocenters. The quantitative estimate of drug-likeness (QED) is 0.122. The number of hydrogen-bond acceptors (Lipinski definition) is 2. The molecule has 10 rings (SSSR count). The molecule has 0 heterocycles. The second-order valence-corrected chi connectivity index (χ2v) is 17.5. The normalized spacial score (nSPS) is 14.5. The minimum atomic E-state index is -0.603. The van der Waals surface area contributed by atoms with Gasteiger partial charge in [-0.3, -0.25) is 0 Å². The van der Waals surface area contributed by atoms with Crippen molar-refractivity contribution in [2.75, 3.05) is 4.90 Å². The first-order valence-corrected chi connectivity index (χ1v) is 22.7. The van der Waals surface area contributed by atoms with Crippen LogP contribution in [0.15, 0.2) is 224 Å². The highest BCUT2D eigenvalue weighted by Crippen LogP contribution is 2.57. The summed E-state index contributed by atoms with van der Waals surface area (Å²) in [6.45, 7) is 9.03. The maximum absolute atomic E-state index is 6.50. The first-order valence-electron chi connectivity index (χ1n) is 22.7. The van der Waals surface area contributed by atoms with Crippen molar-refractivity contribution >= 4 is 17.1 Å². The van der Waals surface area contributed by atoms with E-state index in [-0.39, 0.29) is 0 Å². The molecule has 2 heteroatoms. The first-order chi connectivity index (χ1) is 31.4. The Morgan fingerprint density at radius 1 is 0.406 bits per heavy atom. The SMILES string of the molecule is CCC(C)c1ccc(Oc2ccc(C3(c4ccc(C(C)C)cc4)c4ccccc4-c4ccc(N(c5ccc(-c6ccccc6)cc5)c5ccc(-c6ccccc6)cc5)cc43)cc2)cc1. The largest absolute Gasteiger partial charge is 0.457 e. The van der Waals surface area contributed by atoms with Gasteiger partial charge in [-0.1, -0.05) is 191 Å². The van der Waals surface area contributed by atoms with Crippen molar-refractivity contribution < 1.29 is 4.74 Å². The zero-order valence-corrected chi connectivity index (χ0v) is 37.1. The van der Waals surface area contributed by atoms with Crippen molar-refractivity contribution in [3.05, 3.63) is 258 Å². The van der Waals surface area contributed by atoms with Crippen LogP contribution in [0, 0.1) is 0 Å². The highest BCUT2D eigenvalue weighted by Gasteiger charge is 2.46. The summed E-state index contributed by atoms with van der Waals surface area (Å²) < 4.78 is 6.50. The molecule has 0 N–H and O–H groups in total. The topological polar surface area (TPSA) is 12.5 Å². The van der Waals surface area contributed by atoms with E-state index in [2.05, 4.69) is 257 Å². The highest BCUT2D eigenvalue weighted by atomic mass is 16.5. The minimum Gasteiger partial charge on any atom is -0.457 e. The Balaban J connectivity index is 1.13. The van der Waals surface area contributed by atoms with Crippen LogP contribution in [0.25, 0.3) is 33.4 Å². The van der Waals surface area contributed by atoms with Crippen molar-refractivity contribution in [2.24, 2.45) is 0 Å². The molecule has 0 radical (unpaired) electrons. The molecule has 1 aliphatic rings. The first kappa shape index (κ1) is 40.6. The molecule has 312 valence electrons. The van der Waals surface area contributed by atoms with E-state index in [0.717, 1.165) is 35.0 Å². The van der Waals surface area contributed by atoms with Crippen LogP contribution in [-0.2, 0) is 5.41 Å². The molecule has 0 bridgehead atoms. The van der Waals surface area contributed by atoms with Gasteiger partial charge in [0, 0.05) is 17.1 Å². The van der Waals surface area contributed by atoms with Crippen LogP contribution in [0.3, 0.4) is 0 Å². The van der Waals surface area contributed by atoms with Gasteiger partial charge in [0.05, 0.1) is 5.41 Å². The molecule has 64 heavy (non-hydrogen) atoms. The Bertz CT molecular complexity index is 2910. The van der Waals surface area contributed by atoms with E-state index in [0.29, 0.717) is 11.8 Å². The highest BCUT2D eigenvalue weighted by molar-refractivity contribution is 5.90. The smallest absolute Gasteiger partial charge is 0.127 e. The van der Waals surface area contributed by atoms with E-state index in [1.807, 2.05) is 0 Å². The van der Waals surface area contributed by atoms with Crippen molar-refractivity contribution in [3.63, 3.8) is 0 Å². The average Bonchev–Trinajstić information content (AvgIpc) is 3.65. The van der Waals surface area contributed by atoms with Crippen LogP contribution in [0.1, 0.15) is 79.3 Å². The van der Waals surface area contributed by atoms with Crippen LogP contribution < -0.4 is 9.64 Å². The molecular formula is C62H53NO. The number of benzene rings is 9. The average molecular weight is 828 g/mol. The molecule has 9 aromatic carbocycles. The number of nitrogens with zero attached hydrogens (tertiary/aromatic N) is 1. The standard InChI is InChI=1S/C62H53NO/c1-5-44(4)46-26-37-56(38-27-46)64-57-39-30-52(31-40-57)62(51-28-20-45(21-29-51)43(2)3)60-19-13-12-18-58(60)59-41-36-55(42-61(59)62)63(53-32-22-49(23-33-53)47-14-8-6-9-15-47)54-34-24-50(25-35-54)48-16-10-7-11-17-48/h6-44H,5H2,1-4H3. The predicted octanol–water partition coefficient (Wildman–Crippen LogP) is 17.3. The van der Waals surface area contributed by atoms with Gasteiger partial charge in [0.15, 0.2) is 0 Å². The Hall–Kier alpha value is -7.42. The summed E-state index contributed by atoms with van der Waals surface area (Å²) in [7, 11) is 0. The summed E-state index contributed by atoms with van der Waals surface area (Å²) in [4.78, 5) is 2.41. The summed E-state index contributed by atoms with van der Waals surface area (Å²) in [5.74, 6) is 2.60. The lowest BCUT2D eigenvalue weighted by molar-refractivity contribution is 0.481. The van der Waals surface area contributed by atoms with Gasteiger partial charge in [-0.25, -0.2) is 0 Å². The van der Waals surface area contributed by atoms with Crippen LogP contribution in [0.4, 0.5) is 17.1 Å². The molecule has 9 aromatic rings. The third kappa shape index (κ3) is 7.50. The Morgan fingerprint density at radius 2 is 0.844 bits per heavy atom. The lowest BCUT2D eigenvalue weighted by Crippen LogP contribution is -2.29. The molecule has 2 atom stereocenters. The van der Waals surface area contributed by atoms with Crippen molar-refractivity contribution in [3.8, 4) is 44.9 Å². The summed E-state index contributed by atoms with van der Waals surface area (Å²) >= 11 is 0. The van der Waals surface area contributed by atoms with E-state index < -0.39 is 5.41 Å². The number of rotatable bonds is 12. The molecule has 1 aliphatic carbocycles. The molecular weight excluding hydrogens is 775 g/mol. The van der Waals surface area contributed by atoms with Gasteiger partial charge in [0.25, 0.3) is 0 Å². The van der Waals surface area contributed by atoms with Gasteiger partial charge in [-0.2, -0.15) is 0 Å². The molecule has 0 spiro atoms. The van der Waals surface area contributed by atoms with E-state index in [1.165, 1.54) is 66.8 Å². The van der Waals surface area contributed by atoms with E-state index >= 15 is 0 Å². The Kier molecular flexibility index (Phi) is 11.0. The van der Waals surface area contributed by atoms with Gasteiger partial charge < -0.3 is 9.64 Å². The van der Waals surface area contributed by atoms with E-state index in [9.17, 15) is 0 Å². The molecule has 0 saturated carbocycles. The number of anilines is 3. The van der Waals surface area contributed by atoms with E-state index in [4.69, 9.17) is 4.74 Å². The summed E-state index contributed by atoms with van der Waals surface area (Å²) in [6.07, 6.45) is 1.11. The van der Waals surface area contributed by atoms with Gasteiger partial charge in [0.1, 0.15) is 11.5 Å². The van der Waals surface area contributed by atoms with Crippen molar-refractivity contribution in [2.45, 2.75) is 51.4 Å². The summed E-state index contributed by atoms with van der Waals surface area (Å²) in [5, 5.41) is 0. The molecule has 0 saturated heterocycles. The lowest BCUT2D eigenvalue weighted by atomic mass is 9.67. The maximum atomic E-state index is 6.50. The van der Waals surface area contributed by atoms with Gasteiger partial charge in [-0.05, 0) is 146 Å². The monoisotopic (exact) mass is 827 g/mol. The molecule has 0 amide bonds. The van der Waals surface area contributed by atoms with Gasteiger partial charge in [0.2, 0.25) is 0 Å². The third-order valence-corrected chi connectivity index (χ3v) is 13.3. The molecule has 0 aromatic heterocycles. The fourth-order valence-electron chi connectivity index (χ4n) is 9.64. The summed E-state index contributed by atoms with van der Waals surface area (Å²) in [6, 6.07) is 82.0. The second kappa shape index (κ2) is 17.4. The van der Waals surface area contributed by atoms with Crippen LogP contribution in [0.5, 0.6) is 11.5 Å². The number of fused-ring (bicyclic) bond motifs is 3. The van der Waals surface area contributed by atoms with Crippen molar-refractivity contribution in [1.29, 1.82) is 0 Å². The van der Waals surface area contributed by atoms with E-state index in [1.54, 1.807) is 0 Å². The number of hydrogen-bond donors (Lipinski definition) is 0. The summed E-state index contributed by atoms with van der Waals surface area (Å²) in [5.41, 5.74) is 17.6. The zero-order chi connectivity index (χ0) is 43.6. The second-order valence-electron chi connectivity index (χ2n) is 17.5. The zero-order valence-electron chi connectivity index (χ0n) is 37.1. The fourth-order valence-corrected chi connectivity index (χ4v) is 9.64. The molecule has 2 nitrogen and oxygen atoms in total.